The van der Waals surface area contributed by atoms with Crippen LogP contribution in [0.15, 0.2) is 6.20 Å². The van der Waals surface area contributed by atoms with E-state index < -0.39 is 0 Å². The molecule has 0 aromatic carbocycles. The second-order valence-electron chi connectivity index (χ2n) is 4.02. The molecule has 1 aromatic heterocycles. The summed E-state index contributed by atoms with van der Waals surface area (Å²) in [4.78, 5) is 0. The molecule has 1 N–H and O–H groups in total. The zero-order valence-corrected chi connectivity index (χ0v) is 10.4. The molecular weight excluding hydrogens is 204 g/mol. The maximum atomic E-state index is 5.20. The molecule has 0 aliphatic rings. The molecule has 0 bridgehead atoms. The molecule has 0 aliphatic carbocycles. The minimum Gasteiger partial charge on any atom is -0.383 e. The second kappa shape index (κ2) is 7.35. The van der Waals surface area contributed by atoms with Gasteiger partial charge in [0.25, 0.3) is 0 Å². The van der Waals surface area contributed by atoms with Gasteiger partial charge in [-0.25, -0.2) is 0 Å². The van der Waals surface area contributed by atoms with E-state index in [2.05, 4.69) is 22.6 Å². The predicted octanol–water partition coefficient (Wildman–Crippen LogP) is 1.11. The molecule has 1 unspecified atom stereocenters. The third kappa shape index (κ3) is 4.28. The van der Waals surface area contributed by atoms with Gasteiger partial charge in [0.2, 0.25) is 0 Å². The van der Waals surface area contributed by atoms with Crippen molar-refractivity contribution in [2.45, 2.75) is 38.8 Å². The maximum Gasteiger partial charge on any atom is 0.0738 e. The normalized spacial score (nSPS) is 12.9. The molecule has 1 rings (SSSR count). The first-order valence-corrected chi connectivity index (χ1v) is 5.83. The molecule has 1 aromatic rings. The quantitative estimate of drug-likeness (QED) is 0.721. The Morgan fingerprint density at radius 2 is 2.38 bits per heavy atom. The molecule has 0 saturated carbocycles. The lowest BCUT2D eigenvalue weighted by atomic mass is 10.1. The van der Waals surface area contributed by atoms with E-state index in [0.29, 0.717) is 6.04 Å². The van der Waals surface area contributed by atoms with Gasteiger partial charge >= 0.3 is 0 Å². The van der Waals surface area contributed by atoms with Crippen LogP contribution < -0.4 is 5.32 Å². The number of aromatic nitrogens is 3. The van der Waals surface area contributed by atoms with Gasteiger partial charge in [-0.1, -0.05) is 25.0 Å². The SMILES string of the molecule is CCCCC(COC)NCc1cnnn1C. The van der Waals surface area contributed by atoms with Gasteiger partial charge in [0.15, 0.2) is 0 Å². The third-order valence-corrected chi connectivity index (χ3v) is 2.65. The summed E-state index contributed by atoms with van der Waals surface area (Å²) < 4.78 is 6.99. The lowest BCUT2D eigenvalue weighted by Gasteiger charge is -2.17. The molecule has 92 valence electrons. The van der Waals surface area contributed by atoms with Crippen LogP contribution in [-0.2, 0) is 18.3 Å². The van der Waals surface area contributed by atoms with Gasteiger partial charge < -0.3 is 10.1 Å². The van der Waals surface area contributed by atoms with E-state index in [-0.39, 0.29) is 0 Å². The van der Waals surface area contributed by atoms with E-state index in [1.807, 2.05) is 7.05 Å². The Bertz CT molecular complexity index is 287. The molecule has 0 saturated heterocycles. The number of ether oxygens (including phenoxy) is 1. The molecule has 1 heterocycles. The Morgan fingerprint density at radius 1 is 1.56 bits per heavy atom. The smallest absolute Gasteiger partial charge is 0.0738 e. The van der Waals surface area contributed by atoms with Crippen molar-refractivity contribution in [3.05, 3.63) is 11.9 Å². The van der Waals surface area contributed by atoms with Gasteiger partial charge in [-0.05, 0) is 6.42 Å². The highest BCUT2D eigenvalue weighted by Crippen LogP contribution is 2.02. The fourth-order valence-electron chi connectivity index (χ4n) is 1.62. The van der Waals surface area contributed by atoms with Crippen LogP contribution in [-0.4, -0.2) is 34.8 Å². The predicted molar refractivity (Wildman–Crippen MR) is 63.0 cm³/mol. The minimum absolute atomic E-state index is 0.417. The summed E-state index contributed by atoms with van der Waals surface area (Å²) >= 11 is 0. The molecule has 0 fully saturated rings. The molecule has 5 nitrogen and oxygen atoms in total. The standard InChI is InChI=1S/C11H22N4O/c1-4-5-6-10(9-16-3)12-7-11-8-13-14-15(11)2/h8,10,12H,4-7,9H2,1-3H3. The van der Waals surface area contributed by atoms with Gasteiger partial charge in [0, 0.05) is 26.7 Å². The van der Waals surface area contributed by atoms with Gasteiger partial charge in [0.05, 0.1) is 18.5 Å². The molecular formula is C11H22N4O. The van der Waals surface area contributed by atoms with E-state index in [1.165, 1.54) is 12.8 Å². The number of unbranched alkanes of at least 4 members (excludes halogenated alkanes) is 1. The van der Waals surface area contributed by atoms with Crippen LogP contribution in [0.1, 0.15) is 31.9 Å². The highest BCUT2D eigenvalue weighted by atomic mass is 16.5. The third-order valence-electron chi connectivity index (χ3n) is 2.65. The van der Waals surface area contributed by atoms with Crippen molar-refractivity contribution >= 4 is 0 Å². The lowest BCUT2D eigenvalue weighted by Crippen LogP contribution is -2.33. The average molecular weight is 226 g/mol. The van der Waals surface area contributed by atoms with E-state index >= 15 is 0 Å². The highest BCUT2D eigenvalue weighted by molar-refractivity contribution is 4.92. The van der Waals surface area contributed by atoms with Crippen molar-refractivity contribution in [2.24, 2.45) is 7.05 Å². The molecule has 0 radical (unpaired) electrons. The first-order chi connectivity index (χ1) is 7.77. The average Bonchev–Trinajstić information content (AvgIpc) is 2.68. The second-order valence-corrected chi connectivity index (χ2v) is 4.02. The highest BCUT2D eigenvalue weighted by Gasteiger charge is 2.08. The van der Waals surface area contributed by atoms with Gasteiger partial charge in [-0.3, -0.25) is 4.68 Å². The maximum absolute atomic E-state index is 5.20. The summed E-state index contributed by atoms with van der Waals surface area (Å²) in [6, 6.07) is 0.417. The van der Waals surface area contributed by atoms with Crippen LogP contribution >= 0.6 is 0 Å². The van der Waals surface area contributed by atoms with Crippen molar-refractivity contribution in [3.8, 4) is 0 Å². The van der Waals surface area contributed by atoms with Crippen LogP contribution in [0.3, 0.4) is 0 Å². The Balaban J connectivity index is 2.34. The first kappa shape index (κ1) is 13.1. The molecule has 1 atom stereocenters. The summed E-state index contributed by atoms with van der Waals surface area (Å²) in [5, 5.41) is 11.2. The minimum atomic E-state index is 0.417. The van der Waals surface area contributed by atoms with Gasteiger partial charge in [-0.2, -0.15) is 0 Å². The number of hydrogen-bond acceptors (Lipinski definition) is 4. The van der Waals surface area contributed by atoms with E-state index in [0.717, 1.165) is 25.3 Å². The summed E-state index contributed by atoms with van der Waals surface area (Å²) in [6.07, 6.45) is 5.38. The first-order valence-electron chi connectivity index (χ1n) is 5.83. The monoisotopic (exact) mass is 226 g/mol. The summed E-state index contributed by atoms with van der Waals surface area (Å²) in [7, 11) is 3.65. The van der Waals surface area contributed by atoms with Gasteiger partial charge in [-0.15, -0.1) is 5.10 Å². The van der Waals surface area contributed by atoms with E-state index in [4.69, 9.17) is 4.74 Å². The van der Waals surface area contributed by atoms with Crippen LogP contribution in [0.4, 0.5) is 0 Å². The fourth-order valence-corrected chi connectivity index (χ4v) is 1.62. The zero-order valence-electron chi connectivity index (χ0n) is 10.4. The van der Waals surface area contributed by atoms with E-state index in [1.54, 1.807) is 18.0 Å². The van der Waals surface area contributed by atoms with Crippen molar-refractivity contribution < 1.29 is 4.74 Å². The molecule has 0 spiro atoms. The number of methoxy groups -OCH3 is 1. The Labute approximate surface area is 97.2 Å². The van der Waals surface area contributed by atoms with Crippen molar-refractivity contribution in [2.75, 3.05) is 13.7 Å². The Hall–Kier alpha value is -0.940. The fraction of sp³-hybridized carbons (Fsp3) is 0.818. The number of nitrogens with one attached hydrogen (secondary N) is 1. The Morgan fingerprint density at radius 3 is 2.94 bits per heavy atom. The zero-order chi connectivity index (χ0) is 11.8. The number of rotatable bonds is 8. The molecule has 5 heteroatoms. The molecule has 0 amide bonds. The largest absolute Gasteiger partial charge is 0.383 e. The van der Waals surface area contributed by atoms with Crippen LogP contribution in [0.25, 0.3) is 0 Å². The van der Waals surface area contributed by atoms with Crippen LogP contribution in [0, 0.1) is 0 Å². The van der Waals surface area contributed by atoms with Crippen molar-refractivity contribution in [1.29, 1.82) is 0 Å². The molecule has 0 aliphatic heterocycles. The number of nitrogens with zero attached hydrogens (tertiary/aromatic N) is 3. The van der Waals surface area contributed by atoms with Crippen molar-refractivity contribution in [3.63, 3.8) is 0 Å². The lowest BCUT2D eigenvalue weighted by molar-refractivity contribution is 0.160. The topological polar surface area (TPSA) is 52.0 Å². The van der Waals surface area contributed by atoms with E-state index in [9.17, 15) is 0 Å². The summed E-state index contributed by atoms with van der Waals surface area (Å²) in [5.74, 6) is 0. The van der Waals surface area contributed by atoms with Crippen LogP contribution in [0.5, 0.6) is 0 Å². The number of aryl methyl sites for hydroxylation is 1. The Kier molecular flexibility index (Phi) is 6.03. The van der Waals surface area contributed by atoms with Crippen LogP contribution in [0.2, 0.25) is 0 Å². The number of hydrogen-bond donors (Lipinski definition) is 1. The molecule has 16 heavy (non-hydrogen) atoms. The van der Waals surface area contributed by atoms with Gasteiger partial charge in [0.1, 0.15) is 0 Å². The summed E-state index contributed by atoms with van der Waals surface area (Å²) in [6.45, 7) is 3.75. The summed E-state index contributed by atoms with van der Waals surface area (Å²) in [5.41, 5.74) is 1.10. The van der Waals surface area contributed by atoms with Crippen molar-refractivity contribution in [1.82, 2.24) is 20.3 Å².